The Balaban J connectivity index is 2.67. The van der Waals surface area contributed by atoms with Crippen LogP contribution in [0.15, 0.2) is 24.3 Å². The topological polar surface area (TPSA) is 75.4 Å². The molecule has 5 nitrogen and oxygen atoms in total. The minimum Gasteiger partial charge on any atom is -0.389 e. The number of nitrogens with zero attached hydrogens (tertiary/aromatic N) is 1. The molecule has 21 heavy (non-hydrogen) atoms. The fourth-order valence-electron chi connectivity index (χ4n) is 1.78. The molecule has 118 valence electrons. The lowest BCUT2D eigenvalue weighted by atomic mass is 10.1. The average molecular weight is 329 g/mol. The average Bonchev–Trinajstić information content (AvgIpc) is 2.38. The second kappa shape index (κ2) is 7.84. The van der Waals surface area contributed by atoms with Crippen LogP contribution < -0.4 is 10.5 Å². The van der Waals surface area contributed by atoms with Crippen molar-refractivity contribution in [1.29, 1.82) is 0 Å². The van der Waals surface area contributed by atoms with Gasteiger partial charge in [0.2, 0.25) is 10.0 Å². The summed E-state index contributed by atoms with van der Waals surface area (Å²) >= 11 is 4.94. The Kier molecular flexibility index (Phi) is 6.73. The van der Waals surface area contributed by atoms with Crippen molar-refractivity contribution in [2.75, 3.05) is 20.1 Å². The number of rotatable bonds is 8. The zero-order valence-corrected chi connectivity index (χ0v) is 14.3. The summed E-state index contributed by atoms with van der Waals surface area (Å²) in [6.45, 7) is 5.17. The maximum absolute atomic E-state index is 12.1. The second-order valence-corrected chi connectivity index (χ2v) is 7.50. The lowest BCUT2D eigenvalue weighted by molar-refractivity contribution is 0.278. The number of nitrogens with two attached hydrogens (primary N) is 1. The molecule has 0 aliphatic rings. The molecular formula is C14H23N3O2S2. The van der Waals surface area contributed by atoms with Crippen LogP contribution in [-0.2, 0) is 15.8 Å². The highest BCUT2D eigenvalue weighted by Crippen LogP contribution is 2.12. The fourth-order valence-corrected chi connectivity index (χ4v) is 3.14. The normalized spacial score (nSPS) is 12.0. The first kappa shape index (κ1) is 18.0. The smallest absolute Gasteiger partial charge is 0.215 e. The summed E-state index contributed by atoms with van der Waals surface area (Å²) in [6, 6.07) is 7.41. The van der Waals surface area contributed by atoms with Crippen molar-refractivity contribution in [1.82, 2.24) is 9.62 Å². The van der Waals surface area contributed by atoms with E-state index in [9.17, 15) is 8.42 Å². The number of likely N-dealkylation sites (N-methyl/N-ethyl adjacent to an activating group) is 1. The monoisotopic (exact) mass is 329 g/mol. The summed E-state index contributed by atoms with van der Waals surface area (Å²) in [6.07, 6.45) is 0. The van der Waals surface area contributed by atoms with E-state index in [1.807, 2.05) is 7.05 Å². The summed E-state index contributed by atoms with van der Waals surface area (Å²) in [5.41, 5.74) is 6.84. The van der Waals surface area contributed by atoms with Crippen LogP contribution in [0.1, 0.15) is 25.0 Å². The van der Waals surface area contributed by atoms with Crippen molar-refractivity contribution in [2.45, 2.75) is 25.6 Å². The second-order valence-electron chi connectivity index (χ2n) is 5.25. The molecule has 0 fully saturated rings. The van der Waals surface area contributed by atoms with Gasteiger partial charge in [0.05, 0.1) is 5.75 Å². The quantitative estimate of drug-likeness (QED) is 0.698. The molecular weight excluding hydrogens is 306 g/mol. The number of benzene rings is 1. The molecule has 0 aliphatic heterocycles. The molecule has 0 aromatic heterocycles. The van der Waals surface area contributed by atoms with Crippen LogP contribution in [0.5, 0.6) is 0 Å². The summed E-state index contributed by atoms with van der Waals surface area (Å²) in [7, 11) is -1.44. The molecule has 1 rings (SSSR count). The van der Waals surface area contributed by atoms with E-state index in [0.717, 1.165) is 0 Å². The van der Waals surface area contributed by atoms with Crippen molar-refractivity contribution in [3.8, 4) is 0 Å². The van der Waals surface area contributed by atoms with E-state index in [1.54, 1.807) is 24.3 Å². The third-order valence-electron chi connectivity index (χ3n) is 3.30. The van der Waals surface area contributed by atoms with Gasteiger partial charge in [-0.2, -0.15) is 0 Å². The molecule has 0 bridgehead atoms. The molecule has 0 saturated heterocycles. The van der Waals surface area contributed by atoms with Crippen LogP contribution >= 0.6 is 12.2 Å². The molecule has 7 heteroatoms. The minimum atomic E-state index is -3.40. The first-order valence-corrected chi connectivity index (χ1v) is 8.84. The van der Waals surface area contributed by atoms with Crippen LogP contribution in [0.4, 0.5) is 0 Å². The lowest BCUT2D eigenvalue weighted by Gasteiger charge is -2.21. The highest BCUT2D eigenvalue weighted by molar-refractivity contribution is 7.88. The molecule has 0 saturated carbocycles. The minimum absolute atomic E-state index is 0.119. The summed E-state index contributed by atoms with van der Waals surface area (Å²) in [5.74, 6) is -0.119. The Morgan fingerprint density at radius 3 is 2.57 bits per heavy atom. The standard InChI is InChI=1S/C14H23N3O2S2/c1-11(2)17(3)9-8-16-21(18,19)10-12-6-4-5-7-13(12)14(15)20/h4-7,11,16H,8-10H2,1-3H3,(H2,15,20). The van der Waals surface area contributed by atoms with Crippen LogP contribution in [0.2, 0.25) is 0 Å². The SMILES string of the molecule is CC(C)N(C)CCNS(=O)(=O)Cc1ccccc1C(N)=S. The van der Waals surface area contributed by atoms with Gasteiger partial charge in [-0.05, 0) is 26.5 Å². The Bertz CT molecular complexity index is 586. The van der Waals surface area contributed by atoms with Gasteiger partial charge < -0.3 is 10.6 Å². The maximum Gasteiger partial charge on any atom is 0.215 e. The van der Waals surface area contributed by atoms with Crippen molar-refractivity contribution in [3.05, 3.63) is 35.4 Å². The van der Waals surface area contributed by atoms with E-state index >= 15 is 0 Å². The Morgan fingerprint density at radius 2 is 2.00 bits per heavy atom. The van der Waals surface area contributed by atoms with Gasteiger partial charge in [0, 0.05) is 24.7 Å². The molecule has 0 atom stereocenters. The highest BCUT2D eigenvalue weighted by atomic mass is 32.2. The Morgan fingerprint density at radius 1 is 1.38 bits per heavy atom. The summed E-state index contributed by atoms with van der Waals surface area (Å²) < 4.78 is 26.8. The number of hydrogen-bond acceptors (Lipinski definition) is 4. The van der Waals surface area contributed by atoms with Crippen LogP contribution in [0.25, 0.3) is 0 Å². The van der Waals surface area contributed by atoms with Crippen molar-refractivity contribution in [2.24, 2.45) is 5.73 Å². The van der Waals surface area contributed by atoms with Crippen LogP contribution in [0.3, 0.4) is 0 Å². The molecule has 3 N–H and O–H groups in total. The predicted octanol–water partition coefficient (Wildman–Crippen LogP) is 1.08. The van der Waals surface area contributed by atoms with Gasteiger partial charge in [-0.3, -0.25) is 0 Å². The summed E-state index contributed by atoms with van der Waals surface area (Å²) in [5, 5.41) is 0. The molecule has 0 heterocycles. The van der Waals surface area contributed by atoms with Gasteiger partial charge in [-0.15, -0.1) is 0 Å². The molecule has 1 aromatic carbocycles. The molecule has 0 aliphatic carbocycles. The van der Waals surface area contributed by atoms with Gasteiger partial charge in [0.1, 0.15) is 4.99 Å². The van der Waals surface area contributed by atoms with Gasteiger partial charge in [0.15, 0.2) is 0 Å². The van der Waals surface area contributed by atoms with Crippen molar-refractivity contribution < 1.29 is 8.42 Å². The molecule has 0 radical (unpaired) electrons. The fraction of sp³-hybridized carbons (Fsp3) is 0.500. The third-order valence-corrected chi connectivity index (χ3v) is 4.85. The number of sulfonamides is 1. The predicted molar refractivity (Wildman–Crippen MR) is 90.7 cm³/mol. The first-order chi connectivity index (χ1) is 9.73. The van der Waals surface area contributed by atoms with E-state index in [4.69, 9.17) is 18.0 Å². The number of nitrogens with one attached hydrogen (secondary N) is 1. The van der Waals surface area contributed by atoms with E-state index in [1.165, 1.54) is 0 Å². The van der Waals surface area contributed by atoms with Crippen molar-refractivity contribution in [3.63, 3.8) is 0 Å². The number of thiocarbonyl (C=S) groups is 1. The van der Waals surface area contributed by atoms with Crippen LogP contribution in [0, 0.1) is 0 Å². The first-order valence-electron chi connectivity index (χ1n) is 6.78. The van der Waals surface area contributed by atoms with Crippen molar-refractivity contribution >= 4 is 27.2 Å². The third kappa shape index (κ3) is 6.09. The summed E-state index contributed by atoms with van der Waals surface area (Å²) in [4.78, 5) is 2.28. The van der Waals surface area contributed by atoms with Gasteiger partial charge in [-0.1, -0.05) is 36.5 Å². The van der Waals surface area contributed by atoms with Gasteiger partial charge in [-0.25, -0.2) is 13.1 Å². The van der Waals surface area contributed by atoms with Gasteiger partial charge in [0.25, 0.3) is 0 Å². The zero-order chi connectivity index (χ0) is 16.0. The molecule has 1 aromatic rings. The Labute approximate surface area is 132 Å². The van der Waals surface area contributed by atoms with E-state index in [-0.39, 0.29) is 10.7 Å². The van der Waals surface area contributed by atoms with E-state index in [2.05, 4.69) is 23.5 Å². The zero-order valence-electron chi connectivity index (χ0n) is 12.7. The Hall–Kier alpha value is -1.02. The van der Waals surface area contributed by atoms with Crippen LogP contribution in [-0.4, -0.2) is 44.5 Å². The highest BCUT2D eigenvalue weighted by Gasteiger charge is 2.15. The molecule has 0 spiro atoms. The molecule has 0 unspecified atom stereocenters. The molecule has 0 amide bonds. The van der Waals surface area contributed by atoms with E-state index in [0.29, 0.717) is 30.3 Å². The largest absolute Gasteiger partial charge is 0.389 e. The lowest BCUT2D eigenvalue weighted by Crippen LogP contribution is -2.36. The maximum atomic E-state index is 12.1. The van der Waals surface area contributed by atoms with E-state index < -0.39 is 10.0 Å². The number of hydrogen-bond donors (Lipinski definition) is 2. The van der Waals surface area contributed by atoms with Gasteiger partial charge >= 0.3 is 0 Å².